The van der Waals surface area contributed by atoms with Crippen LogP contribution in [-0.4, -0.2) is 12.2 Å². The van der Waals surface area contributed by atoms with Crippen LogP contribution in [0.1, 0.15) is 28.4 Å². The summed E-state index contributed by atoms with van der Waals surface area (Å²) >= 11 is 3.51. The number of ether oxygens (including phenoxy) is 1. The van der Waals surface area contributed by atoms with Gasteiger partial charge in [-0.1, -0.05) is 34.1 Å². The molecule has 112 valence electrons. The molecule has 0 spiro atoms. The summed E-state index contributed by atoms with van der Waals surface area (Å²) in [5.41, 5.74) is 3.72. The van der Waals surface area contributed by atoms with E-state index in [-0.39, 0.29) is 5.75 Å². The summed E-state index contributed by atoms with van der Waals surface area (Å²) in [4.78, 5) is 0. The average Bonchev–Trinajstić information content (AvgIpc) is 2.44. The van der Waals surface area contributed by atoms with Gasteiger partial charge in [-0.25, -0.2) is 4.39 Å². The first kappa shape index (κ1) is 16.0. The number of aliphatic hydroxyl groups is 1. The van der Waals surface area contributed by atoms with Crippen molar-refractivity contribution in [3.05, 3.63) is 62.9 Å². The van der Waals surface area contributed by atoms with Crippen molar-refractivity contribution < 1.29 is 14.2 Å². The van der Waals surface area contributed by atoms with Crippen molar-refractivity contribution in [2.24, 2.45) is 0 Å². The minimum Gasteiger partial charge on any atom is -0.494 e. The van der Waals surface area contributed by atoms with E-state index in [0.717, 1.165) is 26.7 Å². The minimum atomic E-state index is -0.664. The molecule has 0 heterocycles. The molecule has 0 aliphatic heterocycles. The van der Waals surface area contributed by atoms with E-state index < -0.39 is 11.9 Å². The first-order valence-corrected chi connectivity index (χ1v) is 7.48. The third-order valence-corrected chi connectivity index (χ3v) is 4.74. The molecule has 1 atom stereocenters. The third-order valence-electron chi connectivity index (χ3n) is 3.49. The van der Waals surface area contributed by atoms with Crippen LogP contribution >= 0.6 is 15.9 Å². The lowest BCUT2D eigenvalue weighted by molar-refractivity contribution is 0.178. The van der Waals surface area contributed by atoms with E-state index in [4.69, 9.17) is 4.74 Å². The van der Waals surface area contributed by atoms with Crippen LogP contribution in [0.15, 0.2) is 34.8 Å². The lowest BCUT2D eigenvalue weighted by atomic mass is 9.98. The predicted octanol–water partition coefficient (Wildman–Crippen LogP) is 4.49. The molecule has 0 radical (unpaired) electrons. The number of aryl methyl sites for hydroxylation is 2. The van der Waals surface area contributed by atoms with Crippen molar-refractivity contribution in [2.45, 2.75) is 26.4 Å². The number of benzene rings is 2. The number of aliphatic hydroxyl groups excluding tert-OH is 1. The highest BCUT2D eigenvalue weighted by Crippen LogP contribution is 2.28. The Morgan fingerprint density at radius 3 is 2.33 bits per heavy atom. The molecule has 0 aliphatic rings. The van der Waals surface area contributed by atoms with Crippen molar-refractivity contribution in [2.75, 3.05) is 7.11 Å². The zero-order valence-electron chi connectivity index (χ0n) is 12.3. The van der Waals surface area contributed by atoms with Crippen LogP contribution in [0.5, 0.6) is 5.75 Å². The maximum atomic E-state index is 13.7. The van der Waals surface area contributed by atoms with Crippen LogP contribution < -0.4 is 4.74 Å². The van der Waals surface area contributed by atoms with E-state index in [1.54, 1.807) is 12.1 Å². The van der Waals surface area contributed by atoms with Gasteiger partial charge in [0.15, 0.2) is 11.6 Å². The Balaban J connectivity index is 2.21. The van der Waals surface area contributed by atoms with Gasteiger partial charge in [-0.2, -0.15) is 0 Å². The van der Waals surface area contributed by atoms with E-state index in [1.165, 1.54) is 13.2 Å². The normalized spacial score (nSPS) is 12.3. The van der Waals surface area contributed by atoms with Crippen LogP contribution in [-0.2, 0) is 6.42 Å². The first-order valence-electron chi connectivity index (χ1n) is 6.69. The van der Waals surface area contributed by atoms with Crippen LogP contribution in [0.3, 0.4) is 0 Å². The SMILES string of the molecule is COc1ccc(CC(O)c2cc(C)c(Br)c(C)c2)cc1F. The first-order chi connectivity index (χ1) is 9.92. The monoisotopic (exact) mass is 352 g/mol. The predicted molar refractivity (Wildman–Crippen MR) is 85.2 cm³/mol. The smallest absolute Gasteiger partial charge is 0.165 e. The second-order valence-corrected chi connectivity index (χ2v) is 5.95. The highest BCUT2D eigenvalue weighted by atomic mass is 79.9. The summed E-state index contributed by atoms with van der Waals surface area (Å²) < 4.78 is 19.6. The largest absolute Gasteiger partial charge is 0.494 e. The summed E-state index contributed by atoms with van der Waals surface area (Å²) in [6, 6.07) is 8.64. The van der Waals surface area contributed by atoms with E-state index in [9.17, 15) is 9.50 Å². The molecule has 2 aromatic rings. The maximum absolute atomic E-state index is 13.7. The minimum absolute atomic E-state index is 0.212. The number of hydrogen-bond acceptors (Lipinski definition) is 2. The molecule has 0 aromatic heterocycles. The Morgan fingerprint density at radius 1 is 1.19 bits per heavy atom. The molecule has 1 N–H and O–H groups in total. The number of rotatable bonds is 4. The second kappa shape index (κ2) is 6.58. The molecule has 2 rings (SSSR count). The maximum Gasteiger partial charge on any atom is 0.165 e. The van der Waals surface area contributed by atoms with Crippen molar-refractivity contribution in [1.82, 2.24) is 0 Å². The van der Waals surface area contributed by atoms with Gasteiger partial charge >= 0.3 is 0 Å². The van der Waals surface area contributed by atoms with E-state index >= 15 is 0 Å². The van der Waals surface area contributed by atoms with E-state index in [0.29, 0.717) is 6.42 Å². The zero-order valence-corrected chi connectivity index (χ0v) is 13.9. The highest BCUT2D eigenvalue weighted by molar-refractivity contribution is 9.10. The summed E-state index contributed by atoms with van der Waals surface area (Å²) in [5.74, 6) is -0.200. The van der Waals surface area contributed by atoms with Crippen molar-refractivity contribution in [1.29, 1.82) is 0 Å². The van der Waals surface area contributed by atoms with Crippen LogP contribution in [0.4, 0.5) is 4.39 Å². The molecule has 1 unspecified atom stereocenters. The molecule has 2 aromatic carbocycles. The van der Waals surface area contributed by atoms with Gasteiger partial charge in [0, 0.05) is 10.9 Å². The molecule has 0 saturated carbocycles. The molecule has 0 bridgehead atoms. The van der Waals surface area contributed by atoms with Gasteiger partial charge < -0.3 is 9.84 Å². The molecule has 0 fully saturated rings. The standard InChI is InChI=1S/C17H18BrFO2/c1-10-6-13(7-11(2)17(10)18)15(20)9-12-4-5-16(21-3)14(19)8-12/h4-8,15,20H,9H2,1-3H3. The Bertz CT molecular complexity index is 632. The fraction of sp³-hybridized carbons (Fsp3) is 0.294. The number of methoxy groups -OCH3 is 1. The topological polar surface area (TPSA) is 29.5 Å². The summed E-state index contributed by atoms with van der Waals surface area (Å²) in [6.45, 7) is 3.97. The average molecular weight is 353 g/mol. The Morgan fingerprint density at radius 2 is 1.81 bits per heavy atom. The Hall–Kier alpha value is -1.39. The third kappa shape index (κ3) is 3.63. The molecule has 0 amide bonds. The van der Waals surface area contributed by atoms with Crippen LogP contribution in [0.2, 0.25) is 0 Å². The lowest BCUT2D eigenvalue weighted by Crippen LogP contribution is -2.04. The van der Waals surface area contributed by atoms with Crippen molar-refractivity contribution in [3.63, 3.8) is 0 Å². The molecular weight excluding hydrogens is 335 g/mol. The lowest BCUT2D eigenvalue weighted by Gasteiger charge is -2.15. The Labute approximate surface area is 132 Å². The summed E-state index contributed by atoms with van der Waals surface area (Å²) in [7, 11) is 1.43. The quantitative estimate of drug-likeness (QED) is 0.878. The molecule has 0 saturated heterocycles. The molecule has 4 heteroatoms. The van der Waals surface area contributed by atoms with Gasteiger partial charge in [0.1, 0.15) is 0 Å². The fourth-order valence-corrected chi connectivity index (χ4v) is 2.58. The Kier molecular flexibility index (Phi) is 5.01. The van der Waals surface area contributed by atoms with Gasteiger partial charge in [0.05, 0.1) is 13.2 Å². The van der Waals surface area contributed by atoms with Crippen molar-refractivity contribution in [3.8, 4) is 5.75 Å². The summed E-state index contributed by atoms with van der Waals surface area (Å²) in [6.07, 6.45) is -0.301. The van der Waals surface area contributed by atoms with Crippen molar-refractivity contribution >= 4 is 15.9 Å². The van der Waals surface area contributed by atoms with Gasteiger partial charge in [-0.05, 0) is 48.2 Å². The second-order valence-electron chi connectivity index (χ2n) is 5.16. The van der Waals surface area contributed by atoms with Gasteiger partial charge in [-0.15, -0.1) is 0 Å². The highest BCUT2D eigenvalue weighted by Gasteiger charge is 2.13. The molecule has 2 nitrogen and oxygen atoms in total. The molecule has 21 heavy (non-hydrogen) atoms. The number of halogens is 2. The molecule has 0 aliphatic carbocycles. The van der Waals surface area contributed by atoms with Gasteiger partial charge in [0.2, 0.25) is 0 Å². The van der Waals surface area contributed by atoms with Crippen LogP contribution in [0, 0.1) is 19.7 Å². The zero-order chi connectivity index (χ0) is 15.6. The number of hydrogen-bond donors (Lipinski definition) is 1. The summed E-state index contributed by atoms with van der Waals surface area (Å²) in [5, 5.41) is 10.4. The molecular formula is C17H18BrFO2. The van der Waals surface area contributed by atoms with Gasteiger partial charge in [0.25, 0.3) is 0 Å². The fourth-order valence-electron chi connectivity index (χ4n) is 2.35. The van der Waals surface area contributed by atoms with Gasteiger partial charge in [-0.3, -0.25) is 0 Å². The van der Waals surface area contributed by atoms with E-state index in [2.05, 4.69) is 15.9 Å². The van der Waals surface area contributed by atoms with E-state index in [1.807, 2.05) is 26.0 Å². The van der Waals surface area contributed by atoms with Crippen LogP contribution in [0.25, 0.3) is 0 Å².